The van der Waals surface area contributed by atoms with E-state index in [2.05, 4.69) is 40.0 Å². The first-order valence-corrected chi connectivity index (χ1v) is 7.84. The number of benzene rings is 1. The van der Waals surface area contributed by atoms with E-state index in [0.29, 0.717) is 11.5 Å². The molecule has 1 fully saturated rings. The average Bonchev–Trinajstić information content (AvgIpc) is 2.68. The standard InChI is InChI=1S/C15H19BrN2O2/c1-8-3-4-18(7-9(8)2)13-6-12-10(5-11(13)16)14(19)15(20)17-12/h5-6,8-9,14,19H,3-4,7H2,1-2H3,(H,17,20). The summed E-state index contributed by atoms with van der Waals surface area (Å²) >= 11 is 3.58. The normalized spacial score (nSPS) is 29.3. The van der Waals surface area contributed by atoms with E-state index >= 15 is 0 Å². The van der Waals surface area contributed by atoms with Gasteiger partial charge in [-0.25, -0.2) is 0 Å². The minimum Gasteiger partial charge on any atom is -0.378 e. The van der Waals surface area contributed by atoms with Crippen LogP contribution >= 0.6 is 15.9 Å². The summed E-state index contributed by atoms with van der Waals surface area (Å²) in [4.78, 5) is 13.9. The Kier molecular flexibility index (Phi) is 3.50. The zero-order valence-electron chi connectivity index (χ0n) is 11.7. The highest BCUT2D eigenvalue weighted by Crippen LogP contribution is 2.40. The molecular formula is C15H19BrN2O2. The van der Waals surface area contributed by atoms with Crippen molar-refractivity contribution in [2.75, 3.05) is 23.3 Å². The molecule has 0 aromatic heterocycles. The lowest BCUT2D eigenvalue weighted by Crippen LogP contribution is -2.38. The van der Waals surface area contributed by atoms with Gasteiger partial charge in [-0.2, -0.15) is 0 Å². The smallest absolute Gasteiger partial charge is 0.257 e. The highest BCUT2D eigenvalue weighted by atomic mass is 79.9. The molecule has 20 heavy (non-hydrogen) atoms. The van der Waals surface area contributed by atoms with Crippen molar-refractivity contribution in [3.8, 4) is 0 Å². The van der Waals surface area contributed by atoms with Crippen LogP contribution in [0.3, 0.4) is 0 Å². The summed E-state index contributed by atoms with van der Waals surface area (Å²) in [5.41, 5.74) is 2.48. The van der Waals surface area contributed by atoms with E-state index in [1.54, 1.807) is 0 Å². The summed E-state index contributed by atoms with van der Waals surface area (Å²) in [6.45, 7) is 6.63. The summed E-state index contributed by atoms with van der Waals surface area (Å²) < 4.78 is 0.938. The van der Waals surface area contributed by atoms with Crippen LogP contribution in [0.4, 0.5) is 11.4 Å². The van der Waals surface area contributed by atoms with Crippen molar-refractivity contribution in [1.82, 2.24) is 0 Å². The molecule has 3 rings (SSSR count). The number of anilines is 2. The lowest BCUT2D eigenvalue weighted by molar-refractivity contribution is -0.123. The topological polar surface area (TPSA) is 52.6 Å². The molecule has 1 aromatic carbocycles. The van der Waals surface area contributed by atoms with E-state index in [4.69, 9.17) is 0 Å². The van der Waals surface area contributed by atoms with Gasteiger partial charge in [0.15, 0.2) is 6.10 Å². The molecule has 0 saturated carbocycles. The van der Waals surface area contributed by atoms with Crippen LogP contribution in [-0.4, -0.2) is 24.1 Å². The molecular weight excluding hydrogens is 320 g/mol. The van der Waals surface area contributed by atoms with Gasteiger partial charge in [0, 0.05) is 28.8 Å². The van der Waals surface area contributed by atoms with Gasteiger partial charge in [-0.3, -0.25) is 4.79 Å². The number of nitrogens with one attached hydrogen (secondary N) is 1. The Morgan fingerprint density at radius 2 is 2.10 bits per heavy atom. The van der Waals surface area contributed by atoms with Gasteiger partial charge in [0.25, 0.3) is 5.91 Å². The molecule has 5 heteroatoms. The van der Waals surface area contributed by atoms with Gasteiger partial charge in [-0.1, -0.05) is 13.8 Å². The molecule has 1 saturated heterocycles. The molecule has 0 radical (unpaired) electrons. The molecule has 0 spiro atoms. The number of aliphatic hydroxyl groups is 1. The number of carbonyl (C=O) groups is 1. The minimum atomic E-state index is -1.05. The monoisotopic (exact) mass is 338 g/mol. The number of carbonyl (C=O) groups excluding carboxylic acids is 1. The summed E-state index contributed by atoms with van der Waals surface area (Å²) in [6, 6.07) is 3.83. The van der Waals surface area contributed by atoms with Crippen LogP contribution in [0.1, 0.15) is 31.9 Å². The summed E-state index contributed by atoms with van der Waals surface area (Å²) in [5.74, 6) is 1.06. The maximum atomic E-state index is 11.5. The van der Waals surface area contributed by atoms with Gasteiger partial charge in [0.2, 0.25) is 0 Å². The molecule has 1 amide bonds. The SMILES string of the molecule is CC1CCN(c2cc3c(cc2Br)C(O)C(=O)N3)CC1C. The molecule has 2 heterocycles. The number of rotatable bonds is 1. The van der Waals surface area contributed by atoms with Gasteiger partial charge in [-0.15, -0.1) is 0 Å². The fourth-order valence-corrected chi connectivity index (χ4v) is 3.59. The summed E-state index contributed by atoms with van der Waals surface area (Å²) in [5, 5.41) is 12.5. The molecule has 1 aromatic rings. The van der Waals surface area contributed by atoms with Gasteiger partial charge < -0.3 is 15.3 Å². The van der Waals surface area contributed by atoms with Crippen LogP contribution in [-0.2, 0) is 4.79 Å². The Morgan fingerprint density at radius 3 is 2.80 bits per heavy atom. The van der Waals surface area contributed by atoms with Gasteiger partial charge >= 0.3 is 0 Å². The molecule has 0 bridgehead atoms. The second kappa shape index (κ2) is 5.04. The van der Waals surface area contributed by atoms with Crippen LogP contribution in [0.15, 0.2) is 16.6 Å². The lowest BCUT2D eigenvalue weighted by Gasteiger charge is -2.37. The first-order chi connectivity index (χ1) is 9.47. The Bertz CT molecular complexity index is 561. The Hall–Kier alpha value is -1.07. The maximum absolute atomic E-state index is 11.5. The number of aliphatic hydroxyl groups excluding tert-OH is 1. The van der Waals surface area contributed by atoms with Crippen molar-refractivity contribution in [3.05, 3.63) is 22.2 Å². The first-order valence-electron chi connectivity index (χ1n) is 7.04. The van der Waals surface area contributed by atoms with E-state index in [-0.39, 0.29) is 5.91 Å². The number of amides is 1. The third kappa shape index (κ3) is 2.23. The lowest BCUT2D eigenvalue weighted by atomic mass is 9.88. The number of piperidine rings is 1. The molecule has 2 aliphatic heterocycles. The first kappa shape index (κ1) is 13.9. The van der Waals surface area contributed by atoms with Crippen LogP contribution < -0.4 is 10.2 Å². The molecule has 4 nitrogen and oxygen atoms in total. The predicted octanol–water partition coefficient (Wildman–Crippen LogP) is 2.92. The van der Waals surface area contributed by atoms with Crippen LogP contribution in [0.25, 0.3) is 0 Å². The van der Waals surface area contributed by atoms with Gasteiger partial charge in [-0.05, 0) is 46.3 Å². The fourth-order valence-electron chi connectivity index (χ4n) is 2.98. The van der Waals surface area contributed by atoms with Crippen molar-refractivity contribution in [3.63, 3.8) is 0 Å². The molecule has 2 aliphatic rings. The average molecular weight is 339 g/mol. The van der Waals surface area contributed by atoms with Gasteiger partial charge in [0.05, 0.1) is 5.69 Å². The van der Waals surface area contributed by atoms with Gasteiger partial charge in [0.1, 0.15) is 0 Å². The number of hydrogen-bond acceptors (Lipinski definition) is 3. The number of nitrogens with zero attached hydrogens (tertiary/aromatic N) is 1. The molecule has 0 aliphatic carbocycles. The number of halogens is 1. The van der Waals surface area contributed by atoms with Crippen LogP contribution in [0.2, 0.25) is 0 Å². The molecule has 108 valence electrons. The third-order valence-electron chi connectivity index (χ3n) is 4.59. The van der Waals surface area contributed by atoms with E-state index in [0.717, 1.165) is 34.9 Å². The predicted molar refractivity (Wildman–Crippen MR) is 82.9 cm³/mol. The Labute approximate surface area is 127 Å². The van der Waals surface area contributed by atoms with E-state index in [9.17, 15) is 9.90 Å². The van der Waals surface area contributed by atoms with Crippen molar-refractivity contribution < 1.29 is 9.90 Å². The minimum absolute atomic E-state index is 0.343. The molecule has 3 atom stereocenters. The van der Waals surface area contributed by atoms with Crippen molar-refractivity contribution in [2.45, 2.75) is 26.4 Å². The highest BCUT2D eigenvalue weighted by Gasteiger charge is 2.31. The van der Waals surface area contributed by atoms with E-state index in [1.807, 2.05) is 12.1 Å². The molecule has 3 unspecified atom stereocenters. The Balaban J connectivity index is 1.92. The summed E-state index contributed by atoms with van der Waals surface area (Å²) in [6.07, 6.45) is 0.135. The number of fused-ring (bicyclic) bond motifs is 1. The molecule has 2 N–H and O–H groups in total. The van der Waals surface area contributed by atoms with E-state index < -0.39 is 6.10 Å². The Morgan fingerprint density at radius 1 is 1.35 bits per heavy atom. The van der Waals surface area contributed by atoms with Crippen molar-refractivity contribution in [2.24, 2.45) is 11.8 Å². The largest absolute Gasteiger partial charge is 0.378 e. The van der Waals surface area contributed by atoms with Crippen molar-refractivity contribution in [1.29, 1.82) is 0 Å². The zero-order valence-corrected chi connectivity index (χ0v) is 13.3. The zero-order chi connectivity index (χ0) is 14.4. The van der Waals surface area contributed by atoms with Crippen LogP contribution in [0, 0.1) is 11.8 Å². The highest BCUT2D eigenvalue weighted by molar-refractivity contribution is 9.10. The second-order valence-electron chi connectivity index (χ2n) is 5.97. The summed E-state index contributed by atoms with van der Waals surface area (Å²) in [7, 11) is 0. The number of hydrogen-bond donors (Lipinski definition) is 2. The third-order valence-corrected chi connectivity index (χ3v) is 5.23. The quantitative estimate of drug-likeness (QED) is 0.827. The van der Waals surface area contributed by atoms with Crippen LogP contribution in [0.5, 0.6) is 0 Å². The fraction of sp³-hybridized carbons (Fsp3) is 0.533. The van der Waals surface area contributed by atoms with E-state index in [1.165, 1.54) is 6.42 Å². The maximum Gasteiger partial charge on any atom is 0.257 e. The second-order valence-corrected chi connectivity index (χ2v) is 6.83. The van der Waals surface area contributed by atoms with Crippen molar-refractivity contribution >= 4 is 33.2 Å².